The standard InChI is InChI=1S/C23H29N3O3/c1-2-14-28-19-7-3-4-8-20(19)29-22-17(6-5-11-25-22)16-26-21(27)18-15-23(18)9-12-24-13-10-23/h3-8,11,18,24H,2,9-10,12-16H2,1H3,(H,26,27). The van der Waals surface area contributed by atoms with Crippen LogP contribution in [0.15, 0.2) is 42.6 Å². The van der Waals surface area contributed by atoms with E-state index in [2.05, 4.69) is 22.5 Å². The Morgan fingerprint density at radius 3 is 2.79 bits per heavy atom. The molecule has 4 rings (SSSR count). The van der Waals surface area contributed by atoms with Crippen LogP contribution in [0.3, 0.4) is 0 Å². The quantitative estimate of drug-likeness (QED) is 0.714. The molecule has 6 nitrogen and oxygen atoms in total. The second kappa shape index (κ2) is 8.82. The lowest BCUT2D eigenvalue weighted by molar-refractivity contribution is -0.123. The molecule has 29 heavy (non-hydrogen) atoms. The molecule has 1 atom stereocenters. The molecule has 1 amide bonds. The fourth-order valence-corrected chi connectivity index (χ4v) is 4.12. The highest BCUT2D eigenvalue weighted by molar-refractivity contribution is 5.82. The van der Waals surface area contributed by atoms with Gasteiger partial charge in [-0.25, -0.2) is 4.98 Å². The predicted octanol–water partition coefficient (Wildman–Crippen LogP) is 3.67. The van der Waals surface area contributed by atoms with Gasteiger partial charge in [-0.1, -0.05) is 25.1 Å². The highest BCUT2D eigenvalue weighted by Crippen LogP contribution is 2.58. The van der Waals surface area contributed by atoms with E-state index in [1.165, 1.54) is 0 Å². The maximum atomic E-state index is 12.7. The van der Waals surface area contributed by atoms with Crippen molar-refractivity contribution in [2.24, 2.45) is 11.3 Å². The van der Waals surface area contributed by atoms with Gasteiger partial charge in [-0.3, -0.25) is 4.79 Å². The van der Waals surface area contributed by atoms with Gasteiger partial charge in [0.15, 0.2) is 11.5 Å². The molecule has 1 aliphatic heterocycles. The average Bonchev–Trinajstić information content (AvgIpc) is 3.45. The van der Waals surface area contributed by atoms with Gasteiger partial charge in [0, 0.05) is 24.2 Å². The van der Waals surface area contributed by atoms with Crippen molar-refractivity contribution >= 4 is 5.91 Å². The van der Waals surface area contributed by atoms with Crippen LogP contribution in [0.5, 0.6) is 17.4 Å². The largest absolute Gasteiger partial charge is 0.490 e. The van der Waals surface area contributed by atoms with Crippen LogP contribution in [0, 0.1) is 11.3 Å². The summed E-state index contributed by atoms with van der Waals surface area (Å²) in [6.45, 7) is 5.14. The monoisotopic (exact) mass is 395 g/mol. The number of amides is 1. The Bertz CT molecular complexity index is 849. The highest BCUT2D eigenvalue weighted by Gasteiger charge is 2.57. The number of carbonyl (C=O) groups is 1. The molecule has 1 aromatic carbocycles. The molecular weight excluding hydrogens is 366 g/mol. The van der Waals surface area contributed by atoms with Crippen molar-refractivity contribution in [2.45, 2.75) is 39.2 Å². The van der Waals surface area contributed by atoms with Crippen molar-refractivity contribution in [3.05, 3.63) is 48.2 Å². The Morgan fingerprint density at radius 2 is 2.00 bits per heavy atom. The van der Waals surface area contributed by atoms with Crippen LogP contribution in [0.25, 0.3) is 0 Å². The van der Waals surface area contributed by atoms with Gasteiger partial charge in [-0.15, -0.1) is 0 Å². The van der Waals surface area contributed by atoms with Crippen LogP contribution < -0.4 is 20.1 Å². The number of nitrogens with one attached hydrogen (secondary N) is 2. The van der Waals surface area contributed by atoms with E-state index in [9.17, 15) is 4.79 Å². The average molecular weight is 396 g/mol. The van der Waals surface area contributed by atoms with Gasteiger partial charge in [0.1, 0.15) is 0 Å². The fraction of sp³-hybridized carbons (Fsp3) is 0.478. The van der Waals surface area contributed by atoms with E-state index >= 15 is 0 Å². The topological polar surface area (TPSA) is 72.5 Å². The molecule has 6 heteroatoms. The molecule has 2 aromatic rings. The van der Waals surface area contributed by atoms with Crippen LogP contribution in [-0.4, -0.2) is 30.6 Å². The first-order valence-electron chi connectivity index (χ1n) is 10.5. The van der Waals surface area contributed by atoms with Gasteiger partial charge in [-0.05, 0) is 62.4 Å². The van der Waals surface area contributed by atoms with Gasteiger partial charge in [0.2, 0.25) is 11.8 Å². The molecule has 0 radical (unpaired) electrons. The van der Waals surface area contributed by atoms with Crippen molar-refractivity contribution in [1.82, 2.24) is 15.6 Å². The molecule has 1 aromatic heterocycles. The predicted molar refractivity (Wildman–Crippen MR) is 111 cm³/mol. The van der Waals surface area contributed by atoms with E-state index in [-0.39, 0.29) is 17.2 Å². The molecule has 1 unspecified atom stereocenters. The molecule has 1 saturated heterocycles. The first-order chi connectivity index (χ1) is 14.2. The lowest BCUT2D eigenvalue weighted by Gasteiger charge is -2.23. The van der Waals surface area contributed by atoms with Crippen LogP contribution in [0.1, 0.15) is 38.2 Å². The normalized spacial score (nSPS) is 19.6. The highest BCUT2D eigenvalue weighted by atomic mass is 16.5. The minimum Gasteiger partial charge on any atom is -0.490 e. The lowest BCUT2D eigenvalue weighted by Crippen LogP contribution is -2.33. The summed E-state index contributed by atoms with van der Waals surface area (Å²) >= 11 is 0. The second-order valence-corrected chi connectivity index (χ2v) is 7.95. The van der Waals surface area contributed by atoms with Crippen LogP contribution in [0.2, 0.25) is 0 Å². The number of hydrogen-bond acceptors (Lipinski definition) is 5. The SMILES string of the molecule is CCCOc1ccccc1Oc1ncccc1CNC(=O)C1CC12CCNCC2. The Hall–Kier alpha value is -2.60. The van der Waals surface area contributed by atoms with Crippen LogP contribution in [0.4, 0.5) is 0 Å². The second-order valence-electron chi connectivity index (χ2n) is 7.95. The third kappa shape index (κ3) is 4.53. The van der Waals surface area contributed by atoms with E-state index in [0.717, 1.165) is 44.3 Å². The number of pyridine rings is 1. The van der Waals surface area contributed by atoms with Gasteiger partial charge in [0.25, 0.3) is 0 Å². The number of rotatable bonds is 8. The maximum absolute atomic E-state index is 12.7. The van der Waals surface area contributed by atoms with Gasteiger partial charge in [0.05, 0.1) is 6.61 Å². The fourth-order valence-electron chi connectivity index (χ4n) is 4.12. The Labute approximate surface area is 172 Å². The van der Waals surface area contributed by atoms with Crippen LogP contribution in [-0.2, 0) is 11.3 Å². The van der Waals surface area contributed by atoms with Crippen molar-refractivity contribution in [3.63, 3.8) is 0 Å². The number of piperidine rings is 1. The number of aromatic nitrogens is 1. The minimum absolute atomic E-state index is 0.147. The van der Waals surface area contributed by atoms with Crippen LogP contribution >= 0.6 is 0 Å². The summed E-state index contributed by atoms with van der Waals surface area (Å²) in [5, 5.41) is 6.48. The first kappa shape index (κ1) is 19.7. The third-order valence-electron chi connectivity index (χ3n) is 5.93. The maximum Gasteiger partial charge on any atom is 0.224 e. The lowest BCUT2D eigenvalue weighted by atomic mass is 9.92. The number of ether oxygens (including phenoxy) is 2. The Morgan fingerprint density at radius 1 is 1.21 bits per heavy atom. The molecule has 2 heterocycles. The van der Waals surface area contributed by atoms with E-state index in [0.29, 0.717) is 30.5 Å². The molecule has 1 aliphatic carbocycles. The van der Waals surface area contributed by atoms with E-state index < -0.39 is 0 Å². The Kier molecular flexibility index (Phi) is 6.00. The zero-order valence-electron chi connectivity index (χ0n) is 16.9. The molecule has 1 spiro atoms. The van der Waals surface area contributed by atoms with Gasteiger partial charge < -0.3 is 20.1 Å². The van der Waals surface area contributed by atoms with Crippen molar-refractivity contribution in [2.75, 3.05) is 19.7 Å². The number of benzene rings is 1. The number of hydrogen-bond donors (Lipinski definition) is 2. The summed E-state index contributed by atoms with van der Waals surface area (Å²) in [5.74, 6) is 2.11. The van der Waals surface area contributed by atoms with Crippen molar-refractivity contribution < 1.29 is 14.3 Å². The molecule has 2 N–H and O–H groups in total. The molecule has 154 valence electrons. The van der Waals surface area contributed by atoms with Gasteiger partial charge >= 0.3 is 0 Å². The summed E-state index contributed by atoms with van der Waals surface area (Å²) < 4.78 is 11.8. The van der Waals surface area contributed by atoms with Gasteiger partial charge in [-0.2, -0.15) is 0 Å². The Balaban J connectivity index is 1.40. The number of nitrogens with zero attached hydrogens (tertiary/aromatic N) is 1. The molecule has 0 bridgehead atoms. The third-order valence-corrected chi connectivity index (χ3v) is 5.93. The molecule has 1 saturated carbocycles. The summed E-state index contributed by atoms with van der Waals surface area (Å²) in [6.07, 6.45) is 5.83. The molecular formula is C23H29N3O3. The summed E-state index contributed by atoms with van der Waals surface area (Å²) in [5.41, 5.74) is 1.09. The zero-order chi connectivity index (χ0) is 20.1. The van der Waals surface area contributed by atoms with E-state index in [4.69, 9.17) is 9.47 Å². The number of para-hydroxylation sites is 2. The molecule has 2 aliphatic rings. The zero-order valence-corrected chi connectivity index (χ0v) is 16.9. The van der Waals surface area contributed by atoms with Crippen molar-refractivity contribution in [3.8, 4) is 17.4 Å². The summed E-state index contributed by atoms with van der Waals surface area (Å²) in [6, 6.07) is 11.4. The number of carbonyl (C=O) groups excluding carboxylic acids is 1. The van der Waals surface area contributed by atoms with Crippen molar-refractivity contribution in [1.29, 1.82) is 0 Å². The molecule has 2 fully saturated rings. The summed E-state index contributed by atoms with van der Waals surface area (Å²) in [4.78, 5) is 17.1. The smallest absolute Gasteiger partial charge is 0.224 e. The summed E-state index contributed by atoms with van der Waals surface area (Å²) in [7, 11) is 0. The minimum atomic E-state index is 0.147. The van der Waals surface area contributed by atoms with E-state index in [1.807, 2.05) is 36.4 Å². The first-order valence-corrected chi connectivity index (χ1v) is 10.5. The van der Waals surface area contributed by atoms with E-state index in [1.54, 1.807) is 6.20 Å².